The topological polar surface area (TPSA) is 91.0 Å². The van der Waals surface area contributed by atoms with Crippen molar-refractivity contribution < 1.29 is 9.59 Å². The normalized spacial score (nSPS) is 16.3. The number of amides is 2. The summed E-state index contributed by atoms with van der Waals surface area (Å²) in [7, 11) is 0. The maximum Gasteiger partial charge on any atom is 0.271 e. The van der Waals surface area contributed by atoms with Crippen molar-refractivity contribution in [3.05, 3.63) is 71.0 Å². The van der Waals surface area contributed by atoms with Crippen molar-refractivity contribution in [2.45, 2.75) is 19.4 Å². The summed E-state index contributed by atoms with van der Waals surface area (Å²) in [5.41, 5.74) is 2.58. The molecule has 0 spiro atoms. The maximum absolute atomic E-state index is 12.9. The molecule has 0 aliphatic carbocycles. The molecule has 1 aliphatic rings. The number of nitrogens with zero attached hydrogens (tertiary/aromatic N) is 3. The molecule has 7 nitrogen and oxygen atoms in total. The SMILES string of the molecule is O=C(NCc1ccccc1Cl)[C@@H]1CCCN(C(=O)c2cc(-c3ccccn3)n[nH]2)C1. The number of aromatic nitrogens is 3. The monoisotopic (exact) mass is 423 g/mol. The molecule has 8 heteroatoms. The summed E-state index contributed by atoms with van der Waals surface area (Å²) < 4.78 is 0. The van der Waals surface area contributed by atoms with Gasteiger partial charge in [-0.05, 0) is 42.7 Å². The van der Waals surface area contributed by atoms with Gasteiger partial charge in [0.2, 0.25) is 5.91 Å². The molecule has 1 aliphatic heterocycles. The number of rotatable bonds is 5. The number of likely N-dealkylation sites (tertiary alicyclic amines) is 1. The van der Waals surface area contributed by atoms with Gasteiger partial charge in [0.1, 0.15) is 11.4 Å². The van der Waals surface area contributed by atoms with Crippen LogP contribution in [0.25, 0.3) is 11.4 Å². The summed E-state index contributed by atoms with van der Waals surface area (Å²) in [4.78, 5) is 31.5. The van der Waals surface area contributed by atoms with E-state index in [1.807, 2.05) is 36.4 Å². The maximum atomic E-state index is 12.9. The van der Waals surface area contributed by atoms with Crippen LogP contribution in [0.5, 0.6) is 0 Å². The quantitative estimate of drug-likeness (QED) is 0.658. The highest BCUT2D eigenvalue weighted by Gasteiger charge is 2.29. The molecule has 2 N–H and O–H groups in total. The smallest absolute Gasteiger partial charge is 0.271 e. The number of carbonyl (C=O) groups is 2. The van der Waals surface area contributed by atoms with E-state index >= 15 is 0 Å². The van der Waals surface area contributed by atoms with Gasteiger partial charge in [-0.1, -0.05) is 35.9 Å². The Balaban J connectivity index is 1.37. The molecule has 0 unspecified atom stereocenters. The number of carbonyl (C=O) groups excluding carboxylic acids is 2. The van der Waals surface area contributed by atoms with Crippen molar-refractivity contribution >= 4 is 23.4 Å². The first-order valence-corrected chi connectivity index (χ1v) is 10.3. The van der Waals surface area contributed by atoms with Crippen LogP contribution in [-0.4, -0.2) is 45.0 Å². The standard InChI is InChI=1S/C22H22ClN5O2/c23-17-8-2-1-6-15(17)13-25-21(29)16-7-5-11-28(14-16)22(30)20-12-19(26-27-20)18-9-3-4-10-24-18/h1-4,6,8-10,12,16H,5,7,11,13-14H2,(H,25,29)(H,26,27)/t16-/m1/s1. The molecular formula is C22H22ClN5O2. The van der Waals surface area contributed by atoms with E-state index in [-0.39, 0.29) is 17.7 Å². The van der Waals surface area contributed by atoms with Crippen molar-refractivity contribution in [3.8, 4) is 11.4 Å². The fourth-order valence-electron chi connectivity index (χ4n) is 3.59. The number of nitrogens with one attached hydrogen (secondary N) is 2. The van der Waals surface area contributed by atoms with Crippen LogP contribution in [0.1, 0.15) is 28.9 Å². The van der Waals surface area contributed by atoms with Gasteiger partial charge in [0.25, 0.3) is 5.91 Å². The van der Waals surface area contributed by atoms with Gasteiger partial charge in [0.15, 0.2) is 0 Å². The minimum atomic E-state index is -0.247. The Kier molecular flexibility index (Phi) is 6.09. The van der Waals surface area contributed by atoms with Crippen molar-refractivity contribution in [1.82, 2.24) is 25.4 Å². The fraction of sp³-hybridized carbons (Fsp3) is 0.273. The van der Waals surface area contributed by atoms with E-state index in [4.69, 9.17) is 11.6 Å². The van der Waals surface area contributed by atoms with Crippen LogP contribution in [-0.2, 0) is 11.3 Å². The molecular weight excluding hydrogens is 402 g/mol. The van der Waals surface area contributed by atoms with Crippen molar-refractivity contribution in [3.63, 3.8) is 0 Å². The molecule has 2 aromatic heterocycles. The zero-order chi connectivity index (χ0) is 20.9. The zero-order valence-corrected chi connectivity index (χ0v) is 17.1. The Morgan fingerprint density at radius 2 is 2.00 bits per heavy atom. The lowest BCUT2D eigenvalue weighted by molar-refractivity contribution is -0.126. The third-order valence-corrected chi connectivity index (χ3v) is 5.59. The minimum absolute atomic E-state index is 0.0637. The van der Waals surface area contributed by atoms with Gasteiger partial charge in [-0.2, -0.15) is 5.10 Å². The molecule has 1 atom stereocenters. The average molecular weight is 424 g/mol. The molecule has 2 amide bonds. The third kappa shape index (κ3) is 4.52. The summed E-state index contributed by atoms with van der Waals surface area (Å²) in [6, 6.07) is 14.7. The second-order valence-corrected chi connectivity index (χ2v) is 7.69. The first-order valence-electron chi connectivity index (χ1n) is 9.89. The summed E-state index contributed by atoms with van der Waals surface area (Å²) >= 11 is 6.15. The summed E-state index contributed by atoms with van der Waals surface area (Å²) in [6.07, 6.45) is 3.21. The van der Waals surface area contributed by atoms with E-state index in [2.05, 4.69) is 20.5 Å². The predicted molar refractivity (Wildman–Crippen MR) is 114 cm³/mol. The second-order valence-electron chi connectivity index (χ2n) is 7.28. The molecule has 1 fully saturated rings. The molecule has 0 radical (unpaired) electrons. The first kappa shape index (κ1) is 20.1. The highest BCUT2D eigenvalue weighted by molar-refractivity contribution is 6.31. The van der Waals surface area contributed by atoms with Crippen LogP contribution < -0.4 is 5.32 Å². The lowest BCUT2D eigenvalue weighted by Gasteiger charge is -2.31. The van der Waals surface area contributed by atoms with E-state index in [9.17, 15) is 9.59 Å². The van der Waals surface area contributed by atoms with Gasteiger partial charge in [-0.25, -0.2) is 0 Å². The highest BCUT2D eigenvalue weighted by atomic mass is 35.5. The largest absolute Gasteiger partial charge is 0.352 e. The molecule has 0 bridgehead atoms. The Morgan fingerprint density at radius 1 is 1.17 bits per heavy atom. The number of hydrogen-bond acceptors (Lipinski definition) is 4. The third-order valence-electron chi connectivity index (χ3n) is 5.23. The van der Waals surface area contributed by atoms with Gasteiger partial charge in [0.05, 0.1) is 11.6 Å². The fourth-order valence-corrected chi connectivity index (χ4v) is 3.79. The number of hydrogen-bond donors (Lipinski definition) is 2. The number of benzene rings is 1. The number of aromatic amines is 1. The first-order chi connectivity index (χ1) is 14.6. The molecule has 30 heavy (non-hydrogen) atoms. The van der Waals surface area contributed by atoms with Crippen LogP contribution in [0.2, 0.25) is 5.02 Å². The minimum Gasteiger partial charge on any atom is -0.352 e. The van der Waals surface area contributed by atoms with Crippen molar-refractivity contribution in [2.24, 2.45) is 5.92 Å². The van der Waals surface area contributed by atoms with Crippen LogP contribution >= 0.6 is 11.6 Å². The lowest BCUT2D eigenvalue weighted by Crippen LogP contribution is -2.45. The highest BCUT2D eigenvalue weighted by Crippen LogP contribution is 2.21. The van der Waals surface area contributed by atoms with Crippen LogP contribution in [0, 0.1) is 5.92 Å². The Bertz CT molecular complexity index is 1040. The molecule has 154 valence electrons. The molecule has 4 rings (SSSR count). The van der Waals surface area contributed by atoms with Gasteiger partial charge in [0, 0.05) is 30.9 Å². The van der Waals surface area contributed by atoms with E-state index in [0.717, 1.165) is 18.4 Å². The molecule has 3 heterocycles. The van der Waals surface area contributed by atoms with E-state index in [1.165, 1.54) is 0 Å². The van der Waals surface area contributed by atoms with Gasteiger partial charge < -0.3 is 10.2 Å². The van der Waals surface area contributed by atoms with Gasteiger partial charge in [-0.15, -0.1) is 0 Å². The second kappa shape index (κ2) is 9.09. The number of pyridine rings is 1. The summed E-state index contributed by atoms with van der Waals surface area (Å²) in [5, 5.41) is 10.6. The van der Waals surface area contributed by atoms with Crippen molar-refractivity contribution in [1.29, 1.82) is 0 Å². The van der Waals surface area contributed by atoms with Crippen LogP contribution in [0.15, 0.2) is 54.7 Å². The van der Waals surface area contributed by atoms with Crippen LogP contribution in [0.4, 0.5) is 0 Å². The number of halogens is 1. The van der Waals surface area contributed by atoms with Gasteiger partial charge in [-0.3, -0.25) is 19.7 Å². The summed E-state index contributed by atoms with van der Waals surface area (Å²) in [6.45, 7) is 1.37. The van der Waals surface area contributed by atoms with E-state index < -0.39 is 0 Å². The lowest BCUT2D eigenvalue weighted by atomic mass is 9.96. The van der Waals surface area contributed by atoms with Crippen molar-refractivity contribution in [2.75, 3.05) is 13.1 Å². The van der Waals surface area contributed by atoms with Gasteiger partial charge >= 0.3 is 0 Å². The zero-order valence-electron chi connectivity index (χ0n) is 16.3. The number of H-pyrrole nitrogens is 1. The Hall–Kier alpha value is -3.19. The van der Waals surface area contributed by atoms with E-state index in [1.54, 1.807) is 23.2 Å². The Morgan fingerprint density at radius 3 is 2.80 bits per heavy atom. The number of piperidine rings is 1. The molecule has 0 saturated carbocycles. The average Bonchev–Trinajstić information content (AvgIpc) is 3.29. The summed E-state index contributed by atoms with van der Waals surface area (Å²) in [5.74, 6) is -0.470. The molecule has 3 aromatic rings. The van der Waals surface area contributed by atoms with E-state index in [0.29, 0.717) is 41.7 Å². The predicted octanol–water partition coefficient (Wildman–Crippen LogP) is 3.29. The molecule has 1 aromatic carbocycles. The Labute approximate surface area is 179 Å². The molecule has 1 saturated heterocycles. The van der Waals surface area contributed by atoms with Crippen LogP contribution in [0.3, 0.4) is 0 Å².